The Morgan fingerprint density at radius 3 is 1.15 bits per heavy atom. The van der Waals surface area contributed by atoms with Crippen molar-refractivity contribution in [2.24, 2.45) is 23.7 Å². The minimum Gasteiger partial charge on any atom is -0.103 e. The molecular weight excluding hydrogens is 240 g/mol. The molecule has 0 aromatic rings. The highest BCUT2D eigenvalue weighted by Gasteiger charge is 2.30. The second-order valence-corrected chi connectivity index (χ2v) is 6.61. The summed E-state index contributed by atoms with van der Waals surface area (Å²) in [7, 11) is 0. The molecule has 2 saturated carbocycles. The van der Waals surface area contributed by atoms with E-state index < -0.39 is 0 Å². The van der Waals surface area contributed by atoms with Crippen LogP contribution in [0.1, 0.15) is 79.1 Å². The largest absolute Gasteiger partial charge is 0.103 e. The van der Waals surface area contributed by atoms with E-state index in [0.717, 1.165) is 23.7 Å². The fraction of sp³-hybridized carbons (Fsp3) is 0.800. The Hall–Kier alpha value is -0.520. The third-order valence-corrected chi connectivity index (χ3v) is 5.45. The van der Waals surface area contributed by atoms with E-state index >= 15 is 0 Å². The molecule has 0 aliphatic heterocycles. The highest BCUT2D eigenvalue weighted by Crippen LogP contribution is 2.42. The van der Waals surface area contributed by atoms with E-state index in [0.29, 0.717) is 0 Å². The van der Waals surface area contributed by atoms with E-state index in [4.69, 9.17) is 0 Å². The van der Waals surface area contributed by atoms with Gasteiger partial charge >= 0.3 is 0 Å². The van der Waals surface area contributed by atoms with Gasteiger partial charge < -0.3 is 0 Å². The first-order valence-corrected chi connectivity index (χ1v) is 8.05. The second kappa shape index (κ2) is 10.2. The Balaban J connectivity index is 0.00000180. The van der Waals surface area contributed by atoms with Crippen molar-refractivity contribution < 1.29 is 0 Å². The molecule has 2 aliphatic rings. The maximum absolute atomic E-state index is 3.88. The zero-order valence-electron chi connectivity index (χ0n) is 11.9. The van der Waals surface area contributed by atoms with E-state index in [9.17, 15) is 0 Å². The molecule has 0 heterocycles. The number of hydrogen-bond donors (Lipinski definition) is 0. The molecule has 0 unspecified atom stereocenters. The summed E-state index contributed by atoms with van der Waals surface area (Å²) in [6.45, 7) is 7.76. The van der Waals surface area contributed by atoms with Gasteiger partial charge in [0.2, 0.25) is 0 Å². The summed E-state index contributed by atoms with van der Waals surface area (Å²) >= 11 is 0. The molecule has 0 heteroatoms. The predicted octanol–water partition coefficient (Wildman–Crippen LogP) is 7.02. The Morgan fingerprint density at radius 2 is 0.900 bits per heavy atom. The molecule has 0 amide bonds. The third-order valence-electron chi connectivity index (χ3n) is 5.45. The van der Waals surface area contributed by atoms with Crippen LogP contribution in [0, 0.1) is 23.7 Å². The first-order valence-electron chi connectivity index (χ1n) is 8.05. The molecule has 0 bridgehead atoms. The Morgan fingerprint density at radius 1 is 0.600 bits per heavy atom. The normalized spacial score (nSPS) is 33.4. The predicted molar refractivity (Wildman–Crippen MR) is 94.0 cm³/mol. The fourth-order valence-electron chi connectivity index (χ4n) is 4.26. The standard InChI is InChI=1S/C18H30.2CH4/c1-3-5-15-7-11-17(12-8-15)18-13-9-16(6-4-2)10-14-18;;/h3-4,15-18H,1-2,5-14H2;2*1H4. The quantitative estimate of drug-likeness (QED) is 0.474. The minimum atomic E-state index is 0. The molecule has 2 rings (SSSR count). The van der Waals surface area contributed by atoms with E-state index in [2.05, 4.69) is 25.3 Å². The van der Waals surface area contributed by atoms with Crippen molar-refractivity contribution in [3.63, 3.8) is 0 Å². The van der Waals surface area contributed by atoms with Crippen LogP contribution >= 0.6 is 0 Å². The maximum atomic E-state index is 3.88. The molecule has 0 spiro atoms. The lowest BCUT2D eigenvalue weighted by molar-refractivity contribution is 0.147. The average molecular weight is 279 g/mol. The average Bonchev–Trinajstić information content (AvgIpc) is 2.41. The monoisotopic (exact) mass is 278 g/mol. The molecule has 0 nitrogen and oxygen atoms in total. The van der Waals surface area contributed by atoms with Crippen molar-refractivity contribution in [1.29, 1.82) is 0 Å². The molecule has 0 saturated heterocycles. The van der Waals surface area contributed by atoms with Crippen molar-refractivity contribution >= 4 is 0 Å². The highest BCUT2D eigenvalue weighted by atomic mass is 14.4. The van der Waals surface area contributed by atoms with Crippen LogP contribution in [0.25, 0.3) is 0 Å². The van der Waals surface area contributed by atoms with E-state index in [-0.39, 0.29) is 14.9 Å². The van der Waals surface area contributed by atoms with Gasteiger partial charge in [0.05, 0.1) is 0 Å². The van der Waals surface area contributed by atoms with Crippen LogP contribution in [0.3, 0.4) is 0 Å². The minimum absolute atomic E-state index is 0. The molecule has 2 aliphatic carbocycles. The summed E-state index contributed by atoms with van der Waals surface area (Å²) in [4.78, 5) is 0. The van der Waals surface area contributed by atoms with Gasteiger partial charge in [0.1, 0.15) is 0 Å². The van der Waals surface area contributed by atoms with Crippen LogP contribution in [0.4, 0.5) is 0 Å². The van der Waals surface area contributed by atoms with E-state index in [1.54, 1.807) is 0 Å². The first-order chi connectivity index (χ1) is 8.83. The first kappa shape index (κ1) is 19.5. The molecular formula is C20H38. The lowest BCUT2D eigenvalue weighted by atomic mass is 9.68. The van der Waals surface area contributed by atoms with Crippen LogP contribution in [-0.2, 0) is 0 Å². The van der Waals surface area contributed by atoms with Gasteiger partial charge in [-0.3, -0.25) is 0 Å². The van der Waals surface area contributed by atoms with Gasteiger partial charge in [0.25, 0.3) is 0 Å². The summed E-state index contributed by atoms with van der Waals surface area (Å²) in [6, 6.07) is 0. The molecule has 0 atom stereocenters. The molecule has 0 aromatic heterocycles. The number of rotatable bonds is 5. The van der Waals surface area contributed by atoms with Crippen LogP contribution in [0.2, 0.25) is 0 Å². The van der Waals surface area contributed by atoms with Crippen molar-refractivity contribution in [1.82, 2.24) is 0 Å². The Labute approximate surface area is 128 Å². The molecule has 0 aromatic carbocycles. The van der Waals surface area contributed by atoms with Crippen LogP contribution < -0.4 is 0 Å². The van der Waals surface area contributed by atoms with Gasteiger partial charge in [-0.1, -0.05) is 27.0 Å². The van der Waals surface area contributed by atoms with E-state index in [1.165, 1.54) is 64.2 Å². The molecule has 20 heavy (non-hydrogen) atoms. The summed E-state index contributed by atoms with van der Waals surface area (Å²) in [5.41, 5.74) is 0. The summed E-state index contributed by atoms with van der Waals surface area (Å²) in [5.74, 6) is 4.01. The number of allylic oxidation sites excluding steroid dienone is 2. The smallest absolute Gasteiger partial charge is 0.0325 e. The molecule has 0 radical (unpaired) electrons. The zero-order chi connectivity index (χ0) is 12.8. The van der Waals surface area contributed by atoms with Gasteiger partial charge in [-0.15, -0.1) is 13.2 Å². The molecule has 118 valence electrons. The summed E-state index contributed by atoms with van der Waals surface area (Å²) in [5, 5.41) is 0. The Kier molecular flexibility index (Phi) is 9.98. The highest BCUT2D eigenvalue weighted by molar-refractivity contribution is 4.85. The fourth-order valence-corrected chi connectivity index (χ4v) is 4.26. The van der Waals surface area contributed by atoms with Crippen LogP contribution in [0.15, 0.2) is 25.3 Å². The summed E-state index contributed by atoms with van der Waals surface area (Å²) in [6.07, 6.45) is 18.6. The van der Waals surface area contributed by atoms with Crippen molar-refractivity contribution in [3.8, 4) is 0 Å². The third kappa shape index (κ3) is 5.46. The van der Waals surface area contributed by atoms with Gasteiger partial charge in [-0.05, 0) is 87.9 Å². The van der Waals surface area contributed by atoms with Crippen molar-refractivity contribution in [3.05, 3.63) is 25.3 Å². The van der Waals surface area contributed by atoms with E-state index in [1.807, 2.05) is 0 Å². The van der Waals surface area contributed by atoms with Gasteiger partial charge in [0, 0.05) is 0 Å². The lowest BCUT2D eigenvalue weighted by Gasteiger charge is -2.37. The van der Waals surface area contributed by atoms with Gasteiger partial charge in [0.15, 0.2) is 0 Å². The van der Waals surface area contributed by atoms with Gasteiger partial charge in [-0.2, -0.15) is 0 Å². The summed E-state index contributed by atoms with van der Waals surface area (Å²) < 4.78 is 0. The topological polar surface area (TPSA) is 0 Å². The number of hydrogen-bond acceptors (Lipinski definition) is 0. The lowest BCUT2D eigenvalue weighted by Crippen LogP contribution is -2.25. The second-order valence-electron chi connectivity index (χ2n) is 6.61. The zero-order valence-corrected chi connectivity index (χ0v) is 11.9. The van der Waals surface area contributed by atoms with Gasteiger partial charge in [-0.25, -0.2) is 0 Å². The molecule has 2 fully saturated rings. The maximum Gasteiger partial charge on any atom is -0.0325 e. The molecule has 0 N–H and O–H groups in total. The van der Waals surface area contributed by atoms with Crippen LogP contribution in [-0.4, -0.2) is 0 Å². The Bertz CT molecular complexity index is 221. The SMILES string of the molecule is C.C.C=CCC1CCC(C2CCC(CC=C)CC2)CC1. The van der Waals surface area contributed by atoms with Crippen LogP contribution in [0.5, 0.6) is 0 Å². The van der Waals surface area contributed by atoms with Crippen molar-refractivity contribution in [2.75, 3.05) is 0 Å². The van der Waals surface area contributed by atoms with Crippen molar-refractivity contribution in [2.45, 2.75) is 79.1 Å².